The van der Waals surface area contributed by atoms with E-state index >= 15 is 0 Å². The van der Waals surface area contributed by atoms with Crippen LogP contribution in [0.1, 0.15) is 31.4 Å². The zero-order valence-corrected chi connectivity index (χ0v) is 20.7. The molecule has 4 N–H and O–H groups in total. The number of aromatic nitrogens is 3. The fourth-order valence-electron chi connectivity index (χ4n) is 5.56. The number of nitrogens with zero attached hydrogens (tertiary/aromatic N) is 4. The summed E-state index contributed by atoms with van der Waals surface area (Å²) in [5.41, 5.74) is 15.1. The number of ether oxygens (including phenoxy) is 2. The molecule has 34 heavy (non-hydrogen) atoms. The predicted molar refractivity (Wildman–Crippen MR) is 136 cm³/mol. The lowest BCUT2D eigenvalue weighted by Crippen LogP contribution is -2.43. The second-order valence-corrected chi connectivity index (χ2v) is 10.6. The molecule has 1 aromatic carbocycles. The van der Waals surface area contributed by atoms with Crippen LogP contribution in [0.15, 0.2) is 41.1 Å². The van der Waals surface area contributed by atoms with Crippen LogP contribution in [0, 0.1) is 5.92 Å². The Bertz CT molecular complexity index is 1310. The smallest absolute Gasteiger partial charge is 0.163 e. The normalized spacial score (nSPS) is 27.6. The van der Waals surface area contributed by atoms with Crippen LogP contribution in [0.2, 0.25) is 0 Å². The molecule has 0 bridgehead atoms. The van der Waals surface area contributed by atoms with E-state index < -0.39 is 5.79 Å². The van der Waals surface area contributed by atoms with E-state index in [1.165, 1.54) is 0 Å². The monoisotopic (exact) mass is 522 g/mol. The van der Waals surface area contributed by atoms with Crippen molar-refractivity contribution in [2.24, 2.45) is 5.92 Å². The van der Waals surface area contributed by atoms with Crippen molar-refractivity contribution < 1.29 is 9.47 Å². The van der Waals surface area contributed by atoms with Gasteiger partial charge in [-0.2, -0.15) is 0 Å². The van der Waals surface area contributed by atoms with Crippen LogP contribution < -0.4 is 16.4 Å². The van der Waals surface area contributed by atoms with Crippen molar-refractivity contribution in [2.45, 2.75) is 50.7 Å². The second kappa shape index (κ2) is 7.90. The van der Waals surface area contributed by atoms with E-state index in [0.29, 0.717) is 11.6 Å². The van der Waals surface area contributed by atoms with Gasteiger partial charge in [0.1, 0.15) is 29.9 Å². The highest BCUT2D eigenvalue weighted by Crippen LogP contribution is 2.46. The topological polar surface area (TPSA) is 112 Å². The third-order valence-electron chi connectivity index (χ3n) is 7.07. The third-order valence-corrected chi connectivity index (χ3v) is 7.70. The standard InChI is InChI=1S/C25H27BrN6O2/c1-25(2)33-20-15(6-4-13-3-5-14-10-17(26)23(28)31-18(14)9-13)11-19(21(20)34-25)32-8-7-16-22(27)29-12-30-24(16)32/h3-6,9-10,12,15,19-21H,7-8,11H2,1-2H3,(H2,28,31)(H2,27,29,30)/b6-4+/t15-,19?,20+,21-/m0/s1. The molecule has 4 atom stereocenters. The number of benzene rings is 1. The summed E-state index contributed by atoms with van der Waals surface area (Å²) in [6, 6.07) is 8.38. The van der Waals surface area contributed by atoms with Crippen LogP contribution >= 0.6 is 15.9 Å². The Labute approximate surface area is 206 Å². The molecule has 4 heterocycles. The molecule has 1 aliphatic carbocycles. The molecule has 0 radical (unpaired) electrons. The lowest BCUT2D eigenvalue weighted by atomic mass is 10.0. The first kappa shape index (κ1) is 21.8. The first-order valence-corrected chi connectivity index (χ1v) is 12.3. The van der Waals surface area contributed by atoms with E-state index in [1.54, 1.807) is 6.33 Å². The quantitative estimate of drug-likeness (QED) is 0.531. The molecular formula is C25H27BrN6O2. The fourth-order valence-corrected chi connectivity index (χ4v) is 5.90. The van der Waals surface area contributed by atoms with Gasteiger partial charge in [-0.25, -0.2) is 15.0 Å². The molecule has 3 aliphatic rings. The minimum atomic E-state index is -0.620. The summed E-state index contributed by atoms with van der Waals surface area (Å²) >= 11 is 3.45. The maximum Gasteiger partial charge on any atom is 0.163 e. The van der Waals surface area contributed by atoms with Gasteiger partial charge in [-0.1, -0.05) is 24.3 Å². The zero-order chi connectivity index (χ0) is 23.6. The molecule has 1 unspecified atom stereocenters. The molecule has 9 heteroatoms. The van der Waals surface area contributed by atoms with E-state index in [1.807, 2.05) is 19.9 Å². The fraction of sp³-hybridized carbons (Fsp3) is 0.400. The average Bonchev–Trinajstić information content (AvgIpc) is 3.45. The van der Waals surface area contributed by atoms with Gasteiger partial charge in [0.25, 0.3) is 0 Å². The lowest BCUT2D eigenvalue weighted by Gasteiger charge is -2.31. The number of nitrogens with two attached hydrogens (primary N) is 2. The Morgan fingerprint density at radius 3 is 2.79 bits per heavy atom. The largest absolute Gasteiger partial charge is 0.383 e. The van der Waals surface area contributed by atoms with Crippen molar-refractivity contribution in [3.63, 3.8) is 0 Å². The van der Waals surface area contributed by atoms with E-state index in [4.69, 9.17) is 20.9 Å². The Kier molecular flexibility index (Phi) is 5.05. The molecule has 0 spiro atoms. The third kappa shape index (κ3) is 3.62. The van der Waals surface area contributed by atoms with Crippen LogP contribution in [0.25, 0.3) is 17.0 Å². The minimum absolute atomic E-state index is 0.0235. The first-order valence-electron chi connectivity index (χ1n) is 11.5. The van der Waals surface area contributed by atoms with Gasteiger partial charge in [-0.15, -0.1) is 0 Å². The number of hydrogen-bond acceptors (Lipinski definition) is 8. The number of nitrogen functional groups attached to an aromatic ring is 2. The summed E-state index contributed by atoms with van der Waals surface area (Å²) in [7, 11) is 0. The SMILES string of the molecule is CC1(C)O[C@@H]2[C@@H](/C=C/c3ccc4cc(Br)c(N)nc4c3)CC(N3CCc4c(N)ncnc43)[C@@H]2O1. The molecular weight excluding hydrogens is 496 g/mol. The van der Waals surface area contributed by atoms with Gasteiger partial charge in [0, 0.05) is 23.4 Å². The number of anilines is 3. The maximum atomic E-state index is 6.41. The zero-order valence-electron chi connectivity index (χ0n) is 19.1. The summed E-state index contributed by atoms with van der Waals surface area (Å²) < 4.78 is 13.6. The van der Waals surface area contributed by atoms with E-state index in [9.17, 15) is 0 Å². The van der Waals surface area contributed by atoms with Gasteiger partial charge in [-0.05, 0) is 60.3 Å². The molecule has 0 amide bonds. The Morgan fingerprint density at radius 1 is 1.12 bits per heavy atom. The van der Waals surface area contributed by atoms with Crippen molar-refractivity contribution in [1.29, 1.82) is 0 Å². The van der Waals surface area contributed by atoms with E-state index in [-0.39, 0.29) is 24.2 Å². The van der Waals surface area contributed by atoms with Crippen molar-refractivity contribution in [3.8, 4) is 0 Å². The highest BCUT2D eigenvalue weighted by atomic mass is 79.9. The number of halogens is 1. The second-order valence-electron chi connectivity index (χ2n) is 9.70. The van der Waals surface area contributed by atoms with Crippen LogP contribution in [-0.2, 0) is 15.9 Å². The summed E-state index contributed by atoms with van der Waals surface area (Å²) in [5.74, 6) is 1.58. The summed E-state index contributed by atoms with van der Waals surface area (Å²) in [6.45, 7) is 4.83. The first-order chi connectivity index (χ1) is 16.3. The lowest BCUT2D eigenvalue weighted by molar-refractivity contribution is -0.155. The Hall–Kier alpha value is -2.75. The van der Waals surface area contributed by atoms with Crippen molar-refractivity contribution >= 4 is 50.4 Å². The molecule has 2 aliphatic heterocycles. The van der Waals surface area contributed by atoms with E-state index in [2.05, 4.69) is 66.1 Å². The summed E-state index contributed by atoms with van der Waals surface area (Å²) in [4.78, 5) is 15.6. The van der Waals surface area contributed by atoms with Crippen molar-refractivity contribution in [3.05, 3.63) is 52.3 Å². The molecule has 1 saturated carbocycles. The van der Waals surface area contributed by atoms with Crippen molar-refractivity contribution in [2.75, 3.05) is 22.9 Å². The van der Waals surface area contributed by atoms with Gasteiger partial charge < -0.3 is 25.8 Å². The molecule has 8 nitrogen and oxygen atoms in total. The number of fused-ring (bicyclic) bond motifs is 3. The van der Waals surface area contributed by atoms with Crippen LogP contribution in [0.3, 0.4) is 0 Å². The van der Waals surface area contributed by atoms with E-state index in [0.717, 1.165) is 51.7 Å². The van der Waals surface area contributed by atoms with Gasteiger partial charge in [-0.3, -0.25) is 0 Å². The Morgan fingerprint density at radius 2 is 1.94 bits per heavy atom. The predicted octanol–water partition coefficient (Wildman–Crippen LogP) is 3.94. The van der Waals surface area contributed by atoms with Crippen LogP contribution in [0.5, 0.6) is 0 Å². The molecule has 2 aromatic heterocycles. The van der Waals surface area contributed by atoms with Gasteiger partial charge in [0.15, 0.2) is 5.79 Å². The Balaban J connectivity index is 1.29. The van der Waals surface area contributed by atoms with Gasteiger partial charge >= 0.3 is 0 Å². The molecule has 3 aromatic rings. The van der Waals surface area contributed by atoms with Crippen LogP contribution in [0.4, 0.5) is 17.5 Å². The minimum Gasteiger partial charge on any atom is -0.383 e. The number of pyridine rings is 1. The average molecular weight is 523 g/mol. The van der Waals surface area contributed by atoms with Gasteiger partial charge in [0.2, 0.25) is 0 Å². The van der Waals surface area contributed by atoms with Crippen molar-refractivity contribution in [1.82, 2.24) is 15.0 Å². The summed E-state index contributed by atoms with van der Waals surface area (Å²) in [6.07, 6.45) is 7.64. The molecule has 2 fully saturated rings. The maximum absolute atomic E-state index is 6.41. The number of hydrogen-bond donors (Lipinski definition) is 2. The highest BCUT2D eigenvalue weighted by Gasteiger charge is 2.55. The molecule has 6 rings (SSSR count). The summed E-state index contributed by atoms with van der Waals surface area (Å²) in [5, 5.41) is 1.04. The molecule has 1 saturated heterocycles. The van der Waals surface area contributed by atoms with Gasteiger partial charge in [0.05, 0.1) is 22.1 Å². The molecule has 176 valence electrons. The van der Waals surface area contributed by atoms with Crippen LogP contribution in [-0.4, -0.2) is 45.5 Å². The highest BCUT2D eigenvalue weighted by molar-refractivity contribution is 9.10. The number of rotatable bonds is 3.